The molecule has 0 heterocycles. The molecule has 0 radical (unpaired) electrons. The third-order valence-corrected chi connectivity index (χ3v) is 4.71. The Morgan fingerprint density at radius 1 is 0.938 bits per heavy atom. The number of methoxy groups -OCH3 is 1. The molecule has 2 rings (SSSR count). The Bertz CT molecular complexity index is 209. The van der Waals surface area contributed by atoms with E-state index in [-0.39, 0.29) is 0 Å². The van der Waals surface area contributed by atoms with Gasteiger partial charge in [-0.1, -0.05) is 20.3 Å². The number of hydrogen-bond donors (Lipinski definition) is 1. The lowest BCUT2D eigenvalue weighted by molar-refractivity contribution is 0.0690. The van der Waals surface area contributed by atoms with Crippen LogP contribution in [-0.2, 0) is 4.74 Å². The molecule has 0 aromatic carbocycles. The van der Waals surface area contributed by atoms with Gasteiger partial charge in [0.2, 0.25) is 0 Å². The zero-order valence-electron chi connectivity index (χ0n) is 11.0. The van der Waals surface area contributed by atoms with Gasteiger partial charge in [-0.3, -0.25) is 0 Å². The van der Waals surface area contributed by atoms with Crippen LogP contribution in [0, 0.1) is 11.8 Å². The van der Waals surface area contributed by atoms with Crippen LogP contribution >= 0.6 is 0 Å². The van der Waals surface area contributed by atoms with Crippen molar-refractivity contribution in [2.24, 2.45) is 11.8 Å². The number of hydrogen-bond acceptors (Lipinski definition) is 2. The summed E-state index contributed by atoms with van der Waals surface area (Å²) in [5.74, 6) is 1.67. The maximum absolute atomic E-state index is 5.57. The molecule has 2 heteroatoms. The number of nitrogens with one attached hydrogen (secondary N) is 1. The fraction of sp³-hybridized carbons (Fsp3) is 1.00. The fourth-order valence-electron chi connectivity index (χ4n) is 3.66. The van der Waals surface area contributed by atoms with E-state index in [1.807, 2.05) is 7.11 Å². The van der Waals surface area contributed by atoms with Crippen LogP contribution in [0.3, 0.4) is 0 Å². The van der Waals surface area contributed by atoms with Gasteiger partial charge >= 0.3 is 0 Å². The standard InChI is InChI=1S/C14H27NO/c1-10-6-4-7-11(2)14(10)15-12-8-5-9-13(12)16-3/h10-15H,4-9H2,1-3H3. The number of ether oxygens (including phenoxy) is 1. The first-order chi connectivity index (χ1) is 7.72. The van der Waals surface area contributed by atoms with Crippen LogP contribution in [0.25, 0.3) is 0 Å². The maximum atomic E-state index is 5.57. The van der Waals surface area contributed by atoms with Crippen LogP contribution in [0.1, 0.15) is 52.4 Å². The Hall–Kier alpha value is -0.0800. The third-order valence-electron chi connectivity index (χ3n) is 4.71. The molecular weight excluding hydrogens is 198 g/mol. The molecule has 16 heavy (non-hydrogen) atoms. The molecule has 1 N–H and O–H groups in total. The third kappa shape index (κ3) is 2.60. The van der Waals surface area contributed by atoms with Gasteiger partial charge in [0.1, 0.15) is 0 Å². The minimum Gasteiger partial charge on any atom is -0.380 e. The summed E-state index contributed by atoms with van der Waals surface area (Å²) in [5.41, 5.74) is 0. The molecule has 0 saturated heterocycles. The first kappa shape index (κ1) is 12.4. The van der Waals surface area contributed by atoms with Crippen LogP contribution in [0.2, 0.25) is 0 Å². The predicted octanol–water partition coefficient (Wildman–Crippen LogP) is 2.97. The van der Waals surface area contributed by atoms with Crippen LogP contribution in [0.5, 0.6) is 0 Å². The quantitative estimate of drug-likeness (QED) is 0.797. The van der Waals surface area contributed by atoms with Gasteiger partial charge in [-0.25, -0.2) is 0 Å². The summed E-state index contributed by atoms with van der Waals surface area (Å²) in [6, 6.07) is 1.33. The van der Waals surface area contributed by atoms with Gasteiger partial charge in [0.25, 0.3) is 0 Å². The van der Waals surface area contributed by atoms with Gasteiger partial charge in [-0.05, 0) is 43.9 Å². The lowest BCUT2D eigenvalue weighted by atomic mass is 9.78. The molecule has 2 aliphatic carbocycles. The van der Waals surface area contributed by atoms with Crippen molar-refractivity contribution in [3.8, 4) is 0 Å². The van der Waals surface area contributed by atoms with E-state index in [4.69, 9.17) is 4.74 Å². The second-order valence-corrected chi connectivity index (χ2v) is 5.89. The molecule has 0 aromatic heterocycles. The molecule has 2 aliphatic rings. The maximum Gasteiger partial charge on any atom is 0.0724 e. The SMILES string of the molecule is COC1CCCC1NC1C(C)CCCC1C. The molecule has 0 aromatic rings. The topological polar surface area (TPSA) is 21.3 Å². The van der Waals surface area contributed by atoms with Crippen molar-refractivity contribution in [3.05, 3.63) is 0 Å². The molecule has 0 aliphatic heterocycles. The van der Waals surface area contributed by atoms with E-state index in [0.717, 1.165) is 17.9 Å². The smallest absolute Gasteiger partial charge is 0.0724 e. The van der Waals surface area contributed by atoms with Gasteiger partial charge < -0.3 is 10.1 Å². The van der Waals surface area contributed by atoms with Gasteiger partial charge in [-0.2, -0.15) is 0 Å². The molecule has 2 fully saturated rings. The van der Waals surface area contributed by atoms with Crippen molar-refractivity contribution in [1.29, 1.82) is 0 Å². The molecule has 4 atom stereocenters. The molecular formula is C14H27NO. The highest BCUT2D eigenvalue weighted by molar-refractivity contribution is 4.91. The van der Waals surface area contributed by atoms with Crippen molar-refractivity contribution in [1.82, 2.24) is 5.32 Å². The lowest BCUT2D eigenvalue weighted by Gasteiger charge is -2.38. The van der Waals surface area contributed by atoms with E-state index in [1.165, 1.54) is 38.5 Å². The van der Waals surface area contributed by atoms with Crippen LogP contribution in [0.15, 0.2) is 0 Å². The Morgan fingerprint density at radius 3 is 2.19 bits per heavy atom. The Labute approximate surface area is 100 Å². The van der Waals surface area contributed by atoms with Crippen LogP contribution < -0.4 is 5.32 Å². The summed E-state index contributed by atoms with van der Waals surface area (Å²) in [5, 5.41) is 3.89. The summed E-state index contributed by atoms with van der Waals surface area (Å²) in [6.07, 6.45) is 8.53. The Morgan fingerprint density at radius 2 is 1.56 bits per heavy atom. The van der Waals surface area contributed by atoms with Crippen LogP contribution in [-0.4, -0.2) is 25.3 Å². The highest BCUT2D eigenvalue weighted by atomic mass is 16.5. The van der Waals surface area contributed by atoms with Crippen molar-refractivity contribution < 1.29 is 4.74 Å². The Balaban J connectivity index is 1.91. The van der Waals surface area contributed by atoms with Gasteiger partial charge in [0.05, 0.1) is 6.10 Å². The average molecular weight is 225 g/mol. The molecule has 94 valence electrons. The van der Waals surface area contributed by atoms with Gasteiger partial charge in [0, 0.05) is 19.2 Å². The van der Waals surface area contributed by atoms with Crippen LogP contribution in [0.4, 0.5) is 0 Å². The molecule has 0 spiro atoms. The van der Waals surface area contributed by atoms with Gasteiger partial charge in [-0.15, -0.1) is 0 Å². The predicted molar refractivity (Wildman–Crippen MR) is 67.5 cm³/mol. The Kier molecular flexibility index (Phi) is 4.26. The second kappa shape index (κ2) is 5.50. The van der Waals surface area contributed by atoms with E-state index in [9.17, 15) is 0 Å². The van der Waals surface area contributed by atoms with E-state index >= 15 is 0 Å². The first-order valence-electron chi connectivity index (χ1n) is 7.01. The number of rotatable bonds is 3. The molecule has 4 unspecified atom stereocenters. The largest absolute Gasteiger partial charge is 0.380 e. The molecule has 0 bridgehead atoms. The molecule has 2 saturated carbocycles. The van der Waals surface area contributed by atoms with Crippen molar-refractivity contribution in [2.45, 2.75) is 70.6 Å². The molecule has 0 amide bonds. The van der Waals surface area contributed by atoms with E-state index in [0.29, 0.717) is 12.1 Å². The van der Waals surface area contributed by atoms with Gasteiger partial charge in [0.15, 0.2) is 0 Å². The minimum atomic E-state index is 0.460. The normalized spacial score (nSPS) is 44.8. The van der Waals surface area contributed by atoms with Crippen molar-refractivity contribution in [3.63, 3.8) is 0 Å². The highest BCUT2D eigenvalue weighted by Crippen LogP contribution is 2.31. The average Bonchev–Trinajstić information content (AvgIpc) is 2.71. The monoisotopic (exact) mass is 225 g/mol. The summed E-state index contributed by atoms with van der Waals surface area (Å²) in [6.45, 7) is 4.81. The molecule has 2 nitrogen and oxygen atoms in total. The highest BCUT2D eigenvalue weighted by Gasteiger charge is 2.34. The summed E-state index contributed by atoms with van der Waals surface area (Å²) in [7, 11) is 1.86. The van der Waals surface area contributed by atoms with E-state index in [2.05, 4.69) is 19.2 Å². The summed E-state index contributed by atoms with van der Waals surface area (Å²) < 4.78 is 5.57. The minimum absolute atomic E-state index is 0.460. The van der Waals surface area contributed by atoms with Crippen molar-refractivity contribution >= 4 is 0 Å². The summed E-state index contributed by atoms with van der Waals surface area (Å²) >= 11 is 0. The van der Waals surface area contributed by atoms with Crippen molar-refractivity contribution in [2.75, 3.05) is 7.11 Å². The zero-order chi connectivity index (χ0) is 11.5. The first-order valence-corrected chi connectivity index (χ1v) is 7.01. The fourth-order valence-corrected chi connectivity index (χ4v) is 3.66. The van der Waals surface area contributed by atoms with E-state index < -0.39 is 0 Å². The zero-order valence-corrected chi connectivity index (χ0v) is 11.0. The lowest BCUT2D eigenvalue weighted by Crippen LogP contribution is -2.50. The summed E-state index contributed by atoms with van der Waals surface area (Å²) in [4.78, 5) is 0. The second-order valence-electron chi connectivity index (χ2n) is 5.89. The van der Waals surface area contributed by atoms with E-state index in [1.54, 1.807) is 0 Å².